The van der Waals surface area contributed by atoms with E-state index >= 15 is 0 Å². The standard InChI is InChI=1S/C22H24N4O4/c1-11(23-3)21(29)25-15-9-5-7-13-17(15)20(28)18-14(19(13)27)8-6-10-16(18)26-22(30)12(2)24-4/h5-12,23-24H,1-4H3,(H,25,29)(H,26,30). The average Bonchev–Trinajstić information content (AvgIpc) is 2.75. The quantitative estimate of drug-likeness (QED) is 0.492. The molecule has 2 aromatic rings. The minimum Gasteiger partial charge on any atom is -0.324 e. The van der Waals surface area contributed by atoms with Crippen LogP contribution in [-0.2, 0) is 9.59 Å². The largest absolute Gasteiger partial charge is 0.324 e. The highest BCUT2D eigenvalue weighted by atomic mass is 16.2. The Balaban J connectivity index is 2.08. The number of carbonyl (C=O) groups excluding carboxylic acids is 4. The first-order valence-corrected chi connectivity index (χ1v) is 9.61. The van der Waals surface area contributed by atoms with Gasteiger partial charge in [-0.3, -0.25) is 19.2 Å². The van der Waals surface area contributed by atoms with Gasteiger partial charge in [0.25, 0.3) is 0 Å². The number of amides is 2. The lowest BCUT2D eigenvalue weighted by molar-refractivity contribution is -0.118. The van der Waals surface area contributed by atoms with Crippen LogP contribution in [0.3, 0.4) is 0 Å². The van der Waals surface area contributed by atoms with E-state index in [1.807, 2.05) is 0 Å². The topological polar surface area (TPSA) is 116 Å². The Hall–Kier alpha value is -3.36. The molecule has 2 atom stereocenters. The molecule has 0 fully saturated rings. The highest BCUT2D eigenvalue weighted by Gasteiger charge is 2.34. The third-order valence-corrected chi connectivity index (χ3v) is 5.24. The molecule has 30 heavy (non-hydrogen) atoms. The van der Waals surface area contributed by atoms with E-state index in [-0.39, 0.29) is 51.2 Å². The maximum Gasteiger partial charge on any atom is 0.241 e. The summed E-state index contributed by atoms with van der Waals surface area (Å²) in [7, 11) is 3.30. The Labute approximate surface area is 174 Å². The molecule has 0 spiro atoms. The molecule has 1 aliphatic carbocycles. The second kappa shape index (κ2) is 8.56. The fourth-order valence-electron chi connectivity index (χ4n) is 3.19. The van der Waals surface area contributed by atoms with E-state index in [1.165, 1.54) is 0 Å². The van der Waals surface area contributed by atoms with Crippen LogP contribution < -0.4 is 21.3 Å². The Morgan fingerprint density at radius 3 is 1.47 bits per heavy atom. The fourth-order valence-corrected chi connectivity index (χ4v) is 3.19. The lowest BCUT2D eigenvalue weighted by Gasteiger charge is -2.23. The molecule has 0 radical (unpaired) electrons. The fraction of sp³-hybridized carbons (Fsp3) is 0.273. The molecule has 0 saturated heterocycles. The maximum atomic E-state index is 13.5. The summed E-state index contributed by atoms with van der Waals surface area (Å²) in [5, 5.41) is 11.1. The number of benzene rings is 2. The normalized spacial score (nSPS) is 14.4. The summed E-state index contributed by atoms with van der Waals surface area (Å²) < 4.78 is 0. The van der Waals surface area contributed by atoms with Crippen molar-refractivity contribution in [3.05, 3.63) is 58.7 Å². The number of likely N-dealkylation sites (N-methyl/N-ethyl adjacent to an activating group) is 2. The van der Waals surface area contributed by atoms with Crippen molar-refractivity contribution >= 4 is 34.8 Å². The summed E-state index contributed by atoms with van der Waals surface area (Å²) in [6, 6.07) is 8.55. The molecule has 0 bridgehead atoms. The first kappa shape index (κ1) is 21.4. The van der Waals surface area contributed by atoms with Crippen molar-refractivity contribution in [1.29, 1.82) is 0 Å². The molecule has 2 aromatic carbocycles. The van der Waals surface area contributed by atoms with Crippen molar-refractivity contribution in [3.8, 4) is 0 Å². The van der Waals surface area contributed by atoms with Crippen LogP contribution in [-0.4, -0.2) is 49.6 Å². The van der Waals surface area contributed by atoms with E-state index < -0.39 is 17.9 Å². The highest BCUT2D eigenvalue weighted by Crippen LogP contribution is 2.35. The molecule has 4 N–H and O–H groups in total. The van der Waals surface area contributed by atoms with Crippen LogP contribution in [0.2, 0.25) is 0 Å². The maximum absolute atomic E-state index is 13.5. The van der Waals surface area contributed by atoms with Gasteiger partial charge in [-0.1, -0.05) is 24.3 Å². The first-order valence-electron chi connectivity index (χ1n) is 9.61. The molecule has 8 nitrogen and oxygen atoms in total. The molecule has 2 unspecified atom stereocenters. The number of ketones is 2. The first-order chi connectivity index (χ1) is 14.3. The van der Waals surface area contributed by atoms with Crippen LogP contribution in [0.4, 0.5) is 11.4 Å². The van der Waals surface area contributed by atoms with Gasteiger partial charge < -0.3 is 21.3 Å². The van der Waals surface area contributed by atoms with E-state index in [0.29, 0.717) is 0 Å². The number of hydrogen-bond donors (Lipinski definition) is 4. The molecular weight excluding hydrogens is 384 g/mol. The zero-order valence-electron chi connectivity index (χ0n) is 17.3. The Bertz CT molecular complexity index is 968. The molecule has 0 saturated carbocycles. The van der Waals surface area contributed by atoms with E-state index in [2.05, 4.69) is 21.3 Å². The smallest absolute Gasteiger partial charge is 0.241 e. The third kappa shape index (κ3) is 3.74. The number of hydrogen-bond acceptors (Lipinski definition) is 6. The molecule has 156 valence electrons. The van der Waals surface area contributed by atoms with Gasteiger partial charge >= 0.3 is 0 Å². The van der Waals surface area contributed by atoms with Crippen molar-refractivity contribution in [2.45, 2.75) is 25.9 Å². The van der Waals surface area contributed by atoms with Gasteiger partial charge in [-0.15, -0.1) is 0 Å². The third-order valence-electron chi connectivity index (χ3n) is 5.24. The van der Waals surface area contributed by atoms with Crippen LogP contribution in [0.1, 0.15) is 45.7 Å². The predicted molar refractivity (Wildman–Crippen MR) is 114 cm³/mol. The van der Waals surface area contributed by atoms with Gasteiger partial charge in [0.05, 0.1) is 34.6 Å². The second-order valence-corrected chi connectivity index (χ2v) is 7.11. The van der Waals surface area contributed by atoms with Gasteiger partial charge in [0, 0.05) is 11.1 Å². The van der Waals surface area contributed by atoms with Crippen LogP contribution >= 0.6 is 0 Å². The number of rotatable bonds is 6. The zero-order chi connectivity index (χ0) is 22.0. The van der Waals surface area contributed by atoms with Crippen molar-refractivity contribution < 1.29 is 19.2 Å². The monoisotopic (exact) mass is 408 g/mol. The average molecular weight is 408 g/mol. The molecule has 0 aromatic heterocycles. The van der Waals surface area contributed by atoms with Crippen molar-refractivity contribution in [3.63, 3.8) is 0 Å². The molecule has 3 rings (SSSR count). The van der Waals surface area contributed by atoms with Crippen molar-refractivity contribution in [1.82, 2.24) is 10.6 Å². The Morgan fingerprint density at radius 1 is 0.700 bits per heavy atom. The lowest BCUT2D eigenvalue weighted by atomic mass is 9.82. The summed E-state index contributed by atoms with van der Waals surface area (Å²) in [5.74, 6) is -1.43. The minimum absolute atomic E-state index is 0.120. The molecular formula is C22H24N4O4. The highest BCUT2D eigenvalue weighted by molar-refractivity contribution is 6.32. The van der Waals surface area contributed by atoms with Crippen LogP contribution in [0.25, 0.3) is 0 Å². The van der Waals surface area contributed by atoms with Gasteiger partial charge in [0.2, 0.25) is 11.8 Å². The molecule has 2 amide bonds. The molecule has 8 heteroatoms. The predicted octanol–water partition coefficient (Wildman–Crippen LogP) is 1.55. The molecule has 1 aliphatic rings. The Kier molecular flexibility index (Phi) is 6.09. The number of nitrogens with one attached hydrogen (secondary N) is 4. The van der Waals surface area contributed by atoms with Gasteiger partial charge in [-0.2, -0.15) is 0 Å². The lowest BCUT2D eigenvalue weighted by Crippen LogP contribution is -2.37. The van der Waals surface area contributed by atoms with E-state index in [0.717, 1.165) is 0 Å². The van der Waals surface area contributed by atoms with Crippen LogP contribution in [0, 0.1) is 0 Å². The summed E-state index contributed by atoms with van der Waals surface area (Å²) in [6.45, 7) is 3.37. The SMILES string of the molecule is CNC(C)C(=O)Nc1cccc2c1C(=O)c1c(NC(=O)C(C)NC)cccc1C2=O. The van der Waals surface area contributed by atoms with E-state index in [1.54, 1.807) is 64.3 Å². The summed E-state index contributed by atoms with van der Waals surface area (Å²) in [4.78, 5) is 51.3. The van der Waals surface area contributed by atoms with Crippen molar-refractivity contribution in [2.24, 2.45) is 0 Å². The minimum atomic E-state index is -0.486. The summed E-state index contributed by atoms with van der Waals surface area (Å²) >= 11 is 0. The molecule has 0 aliphatic heterocycles. The van der Waals surface area contributed by atoms with Gasteiger partial charge in [-0.25, -0.2) is 0 Å². The summed E-state index contributed by atoms with van der Waals surface area (Å²) in [6.07, 6.45) is 0. The number of fused-ring (bicyclic) bond motifs is 2. The van der Waals surface area contributed by atoms with Crippen LogP contribution in [0.15, 0.2) is 36.4 Å². The van der Waals surface area contributed by atoms with Crippen LogP contribution in [0.5, 0.6) is 0 Å². The van der Waals surface area contributed by atoms with E-state index in [9.17, 15) is 19.2 Å². The number of carbonyl (C=O) groups is 4. The Morgan fingerprint density at radius 2 is 1.10 bits per heavy atom. The second-order valence-electron chi connectivity index (χ2n) is 7.11. The van der Waals surface area contributed by atoms with Crippen molar-refractivity contribution in [2.75, 3.05) is 24.7 Å². The summed E-state index contributed by atoms with van der Waals surface area (Å²) in [5.41, 5.74) is 1.19. The van der Waals surface area contributed by atoms with Gasteiger partial charge in [-0.05, 0) is 40.1 Å². The molecule has 0 heterocycles. The van der Waals surface area contributed by atoms with Gasteiger partial charge in [0.15, 0.2) is 11.6 Å². The number of anilines is 2. The zero-order valence-corrected chi connectivity index (χ0v) is 17.3. The van der Waals surface area contributed by atoms with Gasteiger partial charge in [0.1, 0.15) is 0 Å². The van der Waals surface area contributed by atoms with E-state index in [4.69, 9.17) is 0 Å².